The van der Waals surface area contributed by atoms with Crippen LogP contribution < -0.4 is 0 Å². The van der Waals surface area contributed by atoms with Gasteiger partial charge in [-0.1, -0.05) is 121 Å². The smallest absolute Gasteiger partial charge is 0.0427 e. The molecule has 0 N–H and O–H groups in total. The molecule has 0 bridgehead atoms. The minimum atomic E-state index is -0.0479. The second kappa shape index (κ2) is 8.77. The Kier molecular flexibility index (Phi) is 4.79. The molecule has 6 aromatic rings. The van der Waals surface area contributed by atoms with E-state index >= 15 is 0 Å². The lowest BCUT2D eigenvalue weighted by Gasteiger charge is -2.59. The Morgan fingerprint density at radius 2 is 0.780 bits per heavy atom. The molecule has 6 aromatic carbocycles. The fourth-order valence-electron chi connectivity index (χ4n) is 12.2. The number of fused-ring (bicyclic) bond motifs is 14. The van der Waals surface area contributed by atoms with E-state index in [0.29, 0.717) is 0 Å². The molecule has 0 amide bonds. The summed E-state index contributed by atoms with van der Waals surface area (Å²) in [5, 5.41) is 0. The van der Waals surface area contributed by atoms with Crippen LogP contribution in [0.15, 0.2) is 109 Å². The molecule has 6 aliphatic carbocycles. The van der Waals surface area contributed by atoms with Gasteiger partial charge in [-0.25, -0.2) is 0 Å². The highest BCUT2D eigenvalue weighted by atomic mass is 14.7. The van der Waals surface area contributed by atoms with Crippen LogP contribution in [0.3, 0.4) is 0 Å². The van der Waals surface area contributed by atoms with Crippen molar-refractivity contribution in [3.05, 3.63) is 209 Å². The molecule has 0 fully saturated rings. The maximum absolute atomic E-state index is 4.04. The van der Waals surface area contributed by atoms with Crippen molar-refractivity contribution in [3.63, 3.8) is 0 Å². The molecule has 0 nitrogen and oxygen atoms in total. The van der Waals surface area contributed by atoms with Gasteiger partial charge in [0.25, 0.3) is 0 Å². The van der Waals surface area contributed by atoms with Crippen LogP contribution in [0.5, 0.6) is 0 Å². The SMILES string of the molecule is CC#Cc1c2c(c(C#Cc3cc(C)c(C)cc3C)c3c1C1c4ccccc4C14c1ccccc1C34)C1c3ccccc3C13c1ccccc1C23. The van der Waals surface area contributed by atoms with Gasteiger partial charge >= 0.3 is 0 Å². The Morgan fingerprint density at radius 1 is 0.420 bits per heavy atom. The van der Waals surface area contributed by atoms with Crippen molar-refractivity contribution in [2.24, 2.45) is 0 Å². The first-order chi connectivity index (χ1) is 24.5. The maximum atomic E-state index is 4.04. The summed E-state index contributed by atoms with van der Waals surface area (Å²) in [5.74, 6) is 16.3. The first kappa shape index (κ1) is 27.3. The molecule has 0 radical (unpaired) electrons. The van der Waals surface area contributed by atoms with Crippen molar-refractivity contribution >= 4 is 0 Å². The Bertz CT molecular complexity index is 2610. The number of aryl methyl sites for hydroxylation is 3. The zero-order valence-electron chi connectivity index (χ0n) is 28.7. The Balaban J connectivity index is 1.25. The molecule has 0 saturated carbocycles. The summed E-state index contributed by atoms with van der Waals surface area (Å²) in [6.45, 7) is 8.66. The standard InChI is InChI=1S/C50H34/c1-5-14-35-41-43(47-33-17-8-12-21-39(33)49(47)37-19-10-6-15-31(37)45(41)49)36(24-23-30-26-28(3)27(2)25-29(30)4)44-42(35)46-32-16-7-11-20-38(32)50(46)40-22-13-9-18-34(40)48(44)50/h6-13,15-22,25-26,45-48H,1-4H3. The second-order valence-electron chi connectivity index (χ2n) is 15.6. The molecule has 6 aliphatic rings. The van der Waals surface area contributed by atoms with Gasteiger partial charge in [-0.15, -0.1) is 5.92 Å². The van der Waals surface area contributed by atoms with E-state index in [1.807, 2.05) is 6.92 Å². The number of hydrogen-bond acceptors (Lipinski definition) is 0. The fourth-order valence-corrected chi connectivity index (χ4v) is 12.2. The van der Waals surface area contributed by atoms with Gasteiger partial charge in [0.15, 0.2) is 0 Å². The van der Waals surface area contributed by atoms with Crippen LogP contribution in [-0.2, 0) is 10.8 Å². The second-order valence-corrected chi connectivity index (χ2v) is 15.6. The van der Waals surface area contributed by atoms with E-state index in [2.05, 4.69) is 154 Å². The molecule has 0 saturated heterocycles. The average molecular weight is 635 g/mol. The van der Waals surface area contributed by atoms with Crippen LogP contribution in [0, 0.1) is 44.5 Å². The number of rotatable bonds is 0. The molecule has 0 heterocycles. The highest BCUT2D eigenvalue weighted by Crippen LogP contribution is 2.82. The summed E-state index contributed by atoms with van der Waals surface area (Å²) in [7, 11) is 0. The zero-order chi connectivity index (χ0) is 33.3. The fraction of sp³-hybridized carbons (Fsp3) is 0.200. The van der Waals surface area contributed by atoms with E-state index in [4.69, 9.17) is 0 Å². The Morgan fingerprint density at radius 3 is 1.18 bits per heavy atom. The lowest BCUT2D eigenvalue weighted by atomic mass is 9.42. The summed E-state index contributed by atoms with van der Waals surface area (Å²) >= 11 is 0. The molecular formula is C50H34. The van der Waals surface area contributed by atoms with Crippen LogP contribution in [-0.4, -0.2) is 0 Å². The van der Waals surface area contributed by atoms with E-state index in [0.717, 1.165) is 5.56 Å². The lowest BCUT2D eigenvalue weighted by molar-refractivity contribution is 0.327. The van der Waals surface area contributed by atoms with E-state index < -0.39 is 0 Å². The number of hydrogen-bond donors (Lipinski definition) is 0. The summed E-state index contributed by atoms with van der Waals surface area (Å²) in [4.78, 5) is 0. The third kappa shape index (κ3) is 2.63. The van der Waals surface area contributed by atoms with Crippen molar-refractivity contribution in [3.8, 4) is 23.7 Å². The monoisotopic (exact) mass is 634 g/mol. The molecule has 12 rings (SSSR count). The van der Waals surface area contributed by atoms with Crippen LogP contribution in [0.1, 0.15) is 131 Å². The van der Waals surface area contributed by atoms with Crippen molar-refractivity contribution in [2.45, 2.75) is 62.2 Å². The van der Waals surface area contributed by atoms with Crippen LogP contribution >= 0.6 is 0 Å². The van der Waals surface area contributed by atoms with Gasteiger partial charge in [-0.3, -0.25) is 0 Å². The first-order valence-corrected chi connectivity index (χ1v) is 18.2. The van der Waals surface area contributed by atoms with Gasteiger partial charge in [-0.05, 0) is 117 Å². The molecule has 50 heavy (non-hydrogen) atoms. The van der Waals surface area contributed by atoms with Crippen molar-refractivity contribution < 1.29 is 0 Å². The molecule has 0 heteroatoms. The highest BCUT2D eigenvalue weighted by Gasteiger charge is 2.74. The Labute approximate surface area is 294 Å². The third-order valence-corrected chi connectivity index (χ3v) is 13.9. The van der Waals surface area contributed by atoms with Crippen LogP contribution in [0.2, 0.25) is 0 Å². The predicted octanol–water partition coefficient (Wildman–Crippen LogP) is 10.2. The maximum Gasteiger partial charge on any atom is 0.0427 e. The van der Waals surface area contributed by atoms with Gasteiger partial charge in [0.05, 0.1) is 0 Å². The van der Waals surface area contributed by atoms with E-state index in [1.165, 1.54) is 94.6 Å². The Hall–Kier alpha value is -5.56. The van der Waals surface area contributed by atoms with Crippen molar-refractivity contribution in [1.82, 2.24) is 0 Å². The predicted molar refractivity (Wildman–Crippen MR) is 200 cm³/mol. The van der Waals surface area contributed by atoms with Crippen LogP contribution in [0.4, 0.5) is 0 Å². The van der Waals surface area contributed by atoms with Gasteiger partial charge in [-0.2, -0.15) is 0 Å². The summed E-state index contributed by atoms with van der Waals surface area (Å²) in [6, 6.07) is 41.7. The normalized spacial score (nSPS) is 26.2. The van der Waals surface area contributed by atoms with Crippen LogP contribution in [0.25, 0.3) is 0 Å². The molecule has 6 unspecified atom stereocenters. The van der Waals surface area contributed by atoms with E-state index in [1.54, 1.807) is 0 Å². The van der Waals surface area contributed by atoms with E-state index in [-0.39, 0.29) is 34.5 Å². The molecule has 234 valence electrons. The molecule has 0 aromatic heterocycles. The number of benzene rings is 6. The molecular weight excluding hydrogens is 601 g/mol. The third-order valence-electron chi connectivity index (χ3n) is 13.9. The van der Waals surface area contributed by atoms with E-state index in [9.17, 15) is 0 Å². The minimum absolute atomic E-state index is 0.0479. The van der Waals surface area contributed by atoms with Crippen molar-refractivity contribution in [2.75, 3.05) is 0 Å². The summed E-state index contributed by atoms with van der Waals surface area (Å²) in [5.41, 5.74) is 25.2. The lowest BCUT2D eigenvalue weighted by Crippen LogP contribution is -2.53. The zero-order valence-corrected chi connectivity index (χ0v) is 28.7. The van der Waals surface area contributed by atoms with Gasteiger partial charge in [0.2, 0.25) is 0 Å². The van der Waals surface area contributed by atoms with Gasteiger partial charge in [0, 0.05) is 51.2 Å². The molecule has 2 spiro atoms. The highest BCUT2D eigenvalue weighted by molar-refractivity contribution is 5.89. The quantitative estimate of drug-likeness (QED) is 0.146. The largest absolute Gasteiger partial charge is 0.101 e. The summed E-state index contributed by atoms with van der Waals surface area (Å²) in [6.07, 6.45) is 0. The topological polar surface area (TPSA) is 0 Å². The minimum Gasteiger partial charge on any atom is -0.101 e. The average Bonchev–Trinajstić information content (AvgIpc) is 3.47. The van der Waals surface area contributed by atoms with Gasteiger partial charge in [0.1, 0.15) is 0 Å². The van der Waals surface area contributed by atoms with Crippen molar-refractivity contribution in [1.29, 1.82) is 0 Å². The summed E-state index contributed by atoms with van der Waals surface area (Å²) < 4.78 is 0. The molecule has 0 aliphatic heterocycles. The van der Waals surface area contributed by atoms with Gasteiger partial charge < -0.3 is 0 Å². The first-order valence-electron chi connectivity index (χ1n) is 18.2. The molecule has 6 atom stereocenters.